The Kier molecular flexibility index (Phi) is 6.36. The van der Waals surface area contributed by atoms with Gasteiger partial charge in [-0.1, -0.05) is 18.6 Å². The molecule has 1 aliphatic heterocycles. The lowest BCUT2D eigenvalue weighted by atomic mass is 9.87. The number of benzene rings is 1. The summed E-state index contributed by atoms with van der Waals surface area (Å²) in [6.45, 7) is 10.5. The minimum absolute atomic E-state index is 0.0963. The average Bonchev–Trinajstić information content (AvgIpc) is 3.07. The van der Waals surface area contributed by atoms with E-state index in [4.69, 9.17) is 9.47 Å². The SMILES string of the molecule is COc1ccc(C)cc1-c1csc(NC(=O)[C@@H](C)C2CN(C(=O)OC(C)(C)C)C2)n1. The van der Waals surface area contributed by atoms with Crippen LogP contribution in [-0.4, -0.2) is 47.7 Å². The maximum Gasteiger partial charge on any atom is 0.410 e. The number of likely N-dealkylation sites (tertiary alicyclic amines) is 1. The van der Waals surface area contributed by atoms with E-state index in [2.05, 4.69) is 10.3 Å². The first-order valence-corrected chi connectivity index (χ1v) is 10.8. The number of amides is 2. The van der Waals surface area contributed by atoms with Crippen molar-refractivity contribution in [2.24, 2.45) is 11.8 Å². The van der Waals surface area contributed by atoms with Crippen LogP contribution in [0.4, 0.5) is 9.93 Å². The standard InChI is InChI=1S/C22H29N3O4S/c1-13-7-8-18(28-6)16(9-13)17-12-30-20(23-17)24-19(26)14(2)15-10-25(11-15)21(27)29-22(3,4)5/h7-9,12,14-15H,10-11H2,1-6H3,(H,23,24,26)/t14-/m0/s1. The summed E-state index contributed by atoms with van der Waals surface area (Å²) in [5, 5.41) is 5.37. The summed E-state index contributed by atoms with van der Waals surface area (Å²) in [7, 11) is 1.63. The number of methoxy groups -OCH3 is 1. The number of hydrogen-bond acceptors (Lipinski definition) is 6. The molecule has 0 unspecified atom stereocenters. The highest BCUT2D eigenvalue weighted by Gasteiger charge is 2.39. The molecule has 2 amide bonds. The molecule has 0 bridgehead atoms. The van der Waals surface area contributed by atoms with E-state index in [9.17, 15) is 9.59 Å². The molecule has 8 heteroatoms. The topological polar surface area (TPSA) is 80.8 Å². The number of hydrogen-bond donors (Lipinski definition) is 1. The van der Waals surface area contributed by atoms with Gasteiger partial charge in [0.05, 0.1) is 12.8 Å². The molecule has 1 aromatic heterocycles. The van der Waals surface area contributed by atoms with Crippen molar-refractivity contribution >= 4 is 28.5 Å². The minimum Gasteiger partial charge on any atom is -0.496 e. The van der Waals surface area contributed by atoms with Crippen LogP contribution in [0.3, 0.4) is 0 Å². The van der Waals surface area contributed by atoms with Gasteiger partial charge in [0.2, 0.25) is 5.91 Å². The maximum atomic E-state index is 12.7. The van der Waals surface area contributed by atoms with Gasteiger partial charge in [-0.25, -0.2) is 9.78 Å². The minimum atomic E-state index is -0.520. The molecule has 1 saturated heterocycles. The Labute approximate surface area is 181 Å². The number of rotatable bonds is 5. The lowest BCUT2D eigenvalue weighted by molar-refractivity contribution is -0.123. The van der Waals surface area contributed by atoms with Crippen LogP contribution in [0.1, 0.15) is 33.3 Å². The molecule has 2 aromatic rings. The molecule has 0 radical (unpaired) electrons. The van der Waals surface area contributed by atoms with Gasteiger partial charge in [-0.15, -0.1) is 11.3 Å². The highest BCUT2D eigenvalue weighted by Crippen LogP contribution is 2.33. The van der Waals surface area contributed by atoms with Crippen molar-refractivity contribution in [1.82, 2.24) is 9.88 Å². The number of aromatic nitrogens is 1. The third-order valence-corrected chi connectivity index (χ3v) is 5.81. The van der Waals surface area contributed by atoms with Crippen LogP contribution in [0.2, 0.25) is 0 Å². The Morgan fingerprint density at radius 1 is 1.30 bits per heavy atom. The summed E-state index contributed by atoms with van der Waals surface area (Å²) in [4.78, 5) is 30.9. The number of carbonyl (C=O) groups is 2. The number of anilines is 1. The van der Waals surface area contributed by atoms with Gasteiger partial charge in [0.15, 0.2) is 5.13 Å². The highest BCUT2D eigenvalue weighted by atomic mass is 32.1. The van der Waals surface area contributed by atoms with Crippen LogP contribution < -0.4 is 10.1 Å². The molecule has 1 aromatic carbocycles. The smallest absolute Gasteiger partial charge is 0.410 e. The first kappa shape index (κ1) is 22.1. The van der Waals surface area contributed by atoms with Gasteiger partial charge >= 0.3 is 6.09 Å². The third kappa shape index (κ3) is 5.11. The van der Waals surface area contributed by atoms with Crippen molar-refractivity contribution in [2.75, 3.05) is 25.5 Å². The molecule has 1 aliphatic rings. The molecular weight excluding hydrogens is 402 g/mol. The molecule has 162 valence electrons. The van der Waals surface area contributed by atoms with E-state index in [0.29, 0.717) is 18.2 Å². The fraction of sp³-hybridized carbons (Fsp3) is 0.500. The van der Waals surface area contributed by atoms with E-state index in [-0.39, 0.29) is 23.8 Å². The van der Waals surface area contributed by atoms with Gasteiger partial charge in [-0.2, -0.15) is 0 Å². The quantitative estimate of drug-likeness (QED) is 0.750. The van der Waals surface area contributed by atoms with Crippen LogP contribution in [0.15, 0.2) is 23.6 Å². The van der Waals surface area contributed by atoms with Crippen LogP contribution in [-0.2, 0) is 9.53 Å². The first-order chi connectivity index (χ1) is 14.1. The second kappa shape index (κ2) is 8.63. The number of aryl methyl sites for hydroxylation is 1. The lowest BCUT2D eigenvalue weighted by Crippen LogP contribution is -2.55. The van der Waals surface area contributed by atoms with Crippen LogP contribution in [0.25, 0.3) is 11.3 Å². The zero-order chi connectivity index (χ0) is 22.1. The Hall–Kier alpha value is -2.61. The number of ether oxygens (including phenoxy) is 2. The van der Waals surface area contributed by atoms with E-state index in [1.54, 1.807) is 12.0 Å². The highest BCUT2D eigenvalue weighted by molar-refractivity contribution is 7.14. The molecular formula is C22H29N3O4S. The van der Waals surface area contributed by atoms with Crippen molar-refractivity contribution in [3.63, 3.8) is 0 Å². The van der Waals surface area contributed by atoms with E-state index >= 15 is 0 Å². The summed E-state index contributed by atoms with van der Waals surface area (Å²) < 4.78 is 10.8. The molecule has 30 heavy (non-hydrogen) atoms. The molecule has 1 atom stereocenters. The molecule has 0 spiro atoms. The van der Waals surface area contributed by atoms with E-state index in [1.165, 1.54) is 11.3 Å². The fourth-order valence-corrected chi connectivity index (χ4v) is 3.93. The second-order valence-electron chi connectivity index (χ2n) is 8.66. The lowest BCUT2D eigenvalue weighted by Gasteiger charge is -2.42. The van der Waals surface area contributed by atoms with Gasteiger partial charge in [0.1, 0.15) is 11.4 Å². The molecule has 1 N–H and O–H groups in total. The van der Waals surface area contributed by atoms with Crippen LogP contribution >= 0.6 is 11.3 Å². The van der Waals surface area contributed by atoms with E-state index < -0.39 is 5.60 Å². The van der Waals surface area contributed by atoms with E-state index in [1.807, 2.05) is 58.2 Å². The van der Waals surface area contributed by atoms with Gasteiger partial charge in [0, 0.05) is 35.9 Å². The largest absolute Gasteiger partial charge is 0.496 e. The van der Waals surface area contributed by atoms with Crippen molar-refractivity contribution in [3.05, 3.63) is 29.1 Å². The Morgan fingerprint density at radius 3 is 2.63 bits per heavy atom. The molecule has 7 nitrogen and oxygen atoms in total. The molecule has 0 saturated carbocycles. The normalized spacial score (nSPS) is 15.3. The van der Waals surface area contributed by atoms with Crippen molar-refractivity contribution in [3.8, 4) is 17.0 Å². The zero-order valence-electron chi connectivity index (χ0n) is 18.3. The molecule has 3 rings (SSSR count). The number of carbonyl (C=O) groups excluding carboxylic acids is 2. The summed E-state index contributed by atoms with van der Waals surface area (Å²) in [5.74, 6) is 0.521. The maximum absolute atomic E-state index is 12.7. The molecule has 1 fully saturated rings. The van der Waals surface area contributed by atoms with Crippen molar-refractivity contribution in [2.45, 2.75) is 40.2 Å². The monoisotopic (exact) mass is 431 g/mol. The Bertz CT molecular complexity index is 929. The molecule has 2 heterocycles. The predicted octanol–water partition coefficient (Wildman–Crippen LogP) is 4.57. The van der Waals surface area contributed by atoms with Crippen molar-refractivity contribution < 1.29 is 19.1 Å². The number of nitrogens with one attached hydrogen (secondary N) is 1. The van der Waals surface area contributed by atoms with Gasteiger partial charge in [0.25, 0.3) is 0 Å². The van der Waals surface area contributed by atoms with Gasteiger partial charge in [-0.3, -0.25) is 4.79 Å². The van der Waals surface area contributed by atoms with Crippen LogP contribution in [0, 0.1) is 18.8 Å². The number of thiazole rings is 1. The van der Waals surface area contributed by atoms with Crippen LogP contribution in [0.5, 0.6) is 5.75 Å². The number of nitrogens with zero attached hydrogens (tertiary/aromatic N) is 2. The Morgan fingerprint density at radius 2 is 2.00 bits per heavy atom. The van der Waals surface area contributed by atoms with E-state index in [0.717, 1.165) is 22.6 Å². The Balaban J connectivity index is 1.58. The van der Waals surface area contributed by atoms with Gasteiger partial charge in [-0.05, 0) is 39.8 Å². The van der Waals surface area contributed by atoms with Crippen molar-refractivity contribution in [1.29, 1.82) is 0 Å². The van der Waals surface area contributed by atoms with Gasteiger partial charge < -0.3 is 19.7 Å². The summed E-state index contributed by atoms with van der Waals surface area (Å²) in [6, 6.07) is 5.91. The fourth-order valence-electron chi connectivity index (χ4n) is 3.21. The zero-order valence-corrected chi connectivity index (χ0v) is 19.1. The molecule has 0 aliphatic carbocycles. The summed E-state index contributed by atoms with van der Waals surface area (Å²) in [5.41, 5.74) is 2.25. The summed E-state index contributed by atoms with van der Waals surface area (Å²) in [6.07, 6.45) is -0.331. The summed E-state index contributed by atoms with van der Waals surface area (Å²) >= 11 is 1.38. The predicted molar refractivity (Wildman–Crippen MR) is 118 cm³/mol. The third-order valence-electron chi connectivity index (χ3n) is 5.05. The second-order valence-corrected chi connectivity index (χ2v) is 9.52. The first-order valence-electron chi connectivity index (χ1n) is 9.96. The average molecular weight is 432 g/mol.